The quantitative estimate of drug-likeness (QED) is 0.791. The molecule has 2 aromatic carbocycles. The molecule has 0 unspecified atom stereocenters. The fraction of sp³-hybridized carbons (Fsp3) is 0.133. The van der Waals surface area contributed by atoms with Crippen molar-refractivity contribution in [1.82, 2.24) is 0 Å². The van der Waals surface area contributed by atoms with Crippen LogP contribution in [-0.2, 0) is 0 Å². The van der Waals surface area contributed by atoms with Gasteiger partial charge in [0.05, 0.1) is 7.11 Å². The number of aryl methyl sites for hydroxylation is 1. The summed E-state index contributed by atoms with van der Waals surface area (Å²) in [4.78, 5) is 12.2. The Morgan fingerprint density at radius 2 is 1.84 bits per heavy atom. The van der Waals surface area contributed by atoms with E-state index in [1.807, 2.05) is 0 Å². The monoisotopic (exact) mass is 262 g/mol. The molecule has 0 N–H and O–H groups in total. The predicted molar refractivity (Wildman–Crippen MR) is 67.5 cm³/mol. The molecule has 0 saturated heterocycles. The fourth-order valence-electron chi connectivity index (χ4n) is 1.77. The second-order valence-corrected chi connectivity index (χ2v) is 4.11. The molecule has 0 bridgehead atoms. The molecule has 4 heteroatoms. The maximum Gasteiger partial charge on any atom is 0.199 e. The Morgan fingerprint density at radius 3 is 2.47 bits per heavy atom. The number of ketones is 1. The first-order valence-electron chi connectivity index (χ1n) is 5.68. The van der Waals surface area contributed by atoms with Gasteiger partial charge in [0.15, 0.2) is 5.78 Å². The number of carbonyl (C=O) groups excluding carboxylic acids is 1. The molecule has 0 aromatic heterocycles. The van der Waals surface area contributed by atoms with Gasteiger partial charge in [-0.3, -0.25) is 4.79 Å². The van der Waals surface area contributed by atoms with E-state index in [-0.39, 0.29) is 16.9 Å². The van der Waals surface area contributed by atoms with E-state index in [4.69, 9.17) is 4.74 Å². The molecule has 0 fully saturated rings. The number of halogens is 2. The molecule has 0 aliphatic heterocycles. The SMILES string of the molecule is COc1cccc(F)c1C(=O)c1ccc(C)c(F)c1. The van der Waals surface area contributed by atoms with Crippen LogP contribution in [0.5, 0.6) is 5.75 Å². The van der Waals surface area contributed by atoms with E-state index in [1.165, 1.54) is 37.4 Å². The van der Waals surface area contributed by atoms with Crippen molar-refractivity contribution in [1.29, 1.82) is 0 Å². The van der Waals surface area contributed by atoms with Gasteiger partial charge in [-0.2, -0.15) is 0 Å². The molecule has 0 radical (unpaired) electrons. The second-order valence-electron chi connectivity index (χ2n) is 4.11. The van der Waals surface area contributed by atoms with E-state index < -0.39 is 17.4 Å². The molecule has 19 heavy (non-hydrogen) atoms. The molecule has 2 rings (SSSR count). The lowest BCUT2D eigenvalue weighted by Crippen LogP contribution is -2.07. The minimum absolute atomic E-state index is 0.0894. The summed E-state index contributed by atoms with van der Waals surface area (Å²) in [5, 5.41) is 0. The van der Waals surface area contributed by atoms with Crippen LogP contribution >= 0.6 is 0 Å². The van der Waals surface area contributed by atoms with Gasteiger partial charge < -0.3 is 4.74 Å². The van der Waals surface area contributed by atoms with Crippen LogP contribution in [0.1, 0.15) is 21.5 Å². The molecular weight excluding hydrogens is 250 g/mol. The molecule has 0 saturated carbocycles. The van der Waals surface area contributed by atoms with E-state index in [1.54, 1.807) is 6.92 Å². The molecule has 0 heterocycles. The summed E-state index contributed by atoms with van der Waals surface area (Å²) in [7, 11) is 1.35. The number of hydrogen-bond acceptors (Lipinski definition) is 2. The van der Waals surface area contributed by atoms with Gasteiger partial charge in [-0.05, 0) is 30.7 Å². The van der Waals surface area contributed by atoms with Crippen LogP contribution in [-0.4, -0.2) is 12.9 Å². The Balaban J connectivity index is 2.52. The fourth-order valence-corrected chi connectivity index (χ4v) is 1.77. The van der Waals surface area contributed by atoms with Crippen LogP contribution in [0.15, 0.2) is 36.4 Å². The van der Waals surface area contributed by atoms with Gasteiger partial charge in [-0.15, -0.1) is 0 Å². The van der Waals surface area contributed by atoms with E-state index in [2.05, 4.69) is 0 Å². The zero-order valence-electron chi connectivity index (χ0n) is 10.5. The summed E-state index contributed by atoms with van der Waals surface area (Å²) in [6.07, 6.45) is 0. The van der Waals surface area contributed by atoms with Gasteiger partial charge in [-0.1, -0.05) is 18.2 Å². The summed E-state index contributed by atoms with van der Waals surface area (Å²) in [6.45, 7) is 1.59. The Morgan fingerprint density at radius 1 is 1.11 bits per heavy atom. The van der Waals surface area contributed by atoms with Gasteiger partial charge in [-0.25, -0.2) is 8.78 Å². The largest absolute Gasteiger partial charge is 0.496 e. The summed E-state index contributed by atoms with van der Waals surface area (Å²) in [5.74, 6) is -1.66. The Kier molecular flexibility index (Phi) is 3.60. The standard InChI is InChI=1S/C15H12F2O2/c1-9-6-7-10(8-12(9)17)15(18)14-11(16)4-3-5-13(14)19-2/h3-8H,1-2H3. The zero-order chi connectivity index (χ0) is 14.0. The smallest absolute Gasteiger partial charge is 0.199 e. The van der Waals surface area contributed by atoms with Crippen LogP contribution in [0, 0.1) is 18.6 Å². The lowest BCUT2D eigenvalue weighted by atomic mass is 10.0. The highest BCUT2D eigenvalue weighted by atomic mass is 19.1. The molecule has 0 spiro atoms. The number of carbonyl (C=O) groups is 1. The first kappa shape index (κ1) is 13.2. The molecule has 0 aliphatic rings. The van der Waals surface area contributed by atoms with Crippen LogP contribution in [0.2, 0.25) is 0 Å². The van der Waals surface area contributed by atoms with Crippen molar-refractivity contribution < 1.29 is 18.3 Å². The number of benzene rings is 2. The minimum Gasteiger partial charge on any atom is -0.496 e. The molecule has 2 aromatic rings. The van der Waals surface area contributed by atoms with Crippen molar-refractivity contribution in [3.05, 3.63) is 64.7 Å². The summed E-state index contributed by atoms with van der Waals surface area (Å²) >= 11 is 0. The van der Waals surface area contributed by atoms with Gasteiger partial charge in [0.1, 0.15) is 22.9 Å². The van der Waals surface area contributed by atoms with E-state index in [0.717, 1.165) is 6.07 Å². The molecule has 0 atom stereocenters. The third-order valence-electron chi connectivity index (χ3n) is 2.86. The molecule has 0 aliphatic carbocycles. The van der Waals surface area contributed by atoms with Crippen LogP contribution in [0.4, 0.5) is 8.78 Å². The molecule has 2 nitrogen and oxygen atoms in total. The third kappa shape index (κ3) is 2.47. The average Bonchev–Trinajstić information content (AvgIpc) is 2.40. The number of hydrogen-bond donors (Lipinski definition) is 0. The van der Waals surface area contributed by atoms with Crippen LogP contribution < -0.4 is 4.74 Å². The minimum atomic E-state index is -0.690. The second kappa shape index (κ2) is 5.18. The Hall–Kier alpha value is -2.23. The normalized spacial score (nSPS) is 10.3. The highest BCUT2D eigenvalue weighted by Crippen LogP contribution is 2.25. The van der Waals surface area contributed by atoms with Crippen LogP contribution in [0.3, 0.4) is 0 Å². The van der Waals surface area contributed by atoms with Crippen molar-refractivity contribution in [3.8, 4) is 5.75 Å². The first-order chi connectivity index (χ1) is 9.04. The molecule has 0 amide bonds. The average molecular weight is 262 g/mol. The van der Waals surface area contributed by atoms with Gasteiger partial charge in [0.25, 0.3) is 0 Å². The zero-order valence-corrected chi connectivity index (χ0v) is 10.5. The lowest BCUT2D eigenvalue weighted by Gasteiger charge is -2.09. The van der Waals surface area contributed by atoms with Gasteiger partial charge in [0, 0.05) is 5.56 Å². The number of rotatable bonds is 3. The first-order valence-corrected chi connectivity index (χ1v) is 5.68. The van der Waals surface area contributed by atoms with Crippen molar-refractivity contribution in [2.45, 2.75) is 6.92 Å². The van der Waals surface area contributed by atoms with Crippen molar-refractivity contribution in [3.63, 3.8) is 0 Å². The topological polar surface area (TPSA) is 26.3 Å². The van der Waals surface area contributed by atoms with Crippen molar-refractivity contribution in [2.75, 3.05) is 7.11 Å². The summed E-state index contributed by atoms with van der Waals surface area (Å²) in [6, 6.07) is 8.15. The summed E-state index contributed by atoms with van der Waals surface area (Å²) < 4.78 is 32.2. The lowest BCUT2D eigenvalue weighted by molar-refractivity contribution is 0.103. The van der Waals surface area contributed by atoms with E-state index in [0.29, 0.717) is 5.56 Å². The van der Waals surface area contributed by atoms with Crippen LogP contribution in [0.25, 0.3) is 0 Å². The van der Waals surface area contributed by atoms with E-state index in [9.17, 15) is 13.6 Å². The maximum absolute atomic E-state index is 13.8. The summed E-state index contributed by atoms with van der Waals surface area (Å²) in [5.41, 5.74) is 0.330. The number of ether oxygens (including phenoxy) is 1. The maximum atomic E-state index is 13.8. The molecular formula is C15H12F2O2. The van der Waals surface area contributed by atoms with Gasteiger partial charge >= 0.3 is 0 Å². The highest BCUT2D eigenvalue weighted by Gasteiger charge is 2.19. The molecule has 98 valence electrons. The van der Waals surface area contributed by atoms with Crippen molar-refractivity contribution >= 4 is 5.78 Å². The van der Waals surface area contributed by atoms with Gasteiger partial charge in [0.2, 0.25) is 0 Å². The number of methoxy groups -OCH3 is 1. The Bertz CT molecular complexity index is 636. The Labute approximate surface area is 109 Å². The van der Waals surface area contributed by atoms with E-state index >= 15 is 0 Å². The third-order valence-corrected chi connectivity index (χ3v) is 2.86. The predicted octanol–water partition coefficient (Wildman–Crippen LogP) is 3.51. The highest BCUT2D eigenvalue weighted by molar-refractivity contribution is 6.10. The van der Waals surface area contributed by atoms with Crippen molar-refractivity contribution in [2.24, 2.45) is 0 Å².